The Morgan fingerprint density at radius 1 is 0.538 bits per heavy atom. The predicted octanol–water partition coefficient (Wildman–Crippen LogP) is 9.87. The molecule has 10 nitrogen and oxygen atoms in total. The standard InChI is InChI=1S/C42H46N2O8/c1-5-13-37(29-19-23-33(24-20-29)49-31-15-9-7-10-16-31)43(3)41(47)51-39(45)35-27-28-36(35)40(46)52-42(48)44(4)38(14-6-2)30-21-25-34(26-22-30)50-32-17-11-8-12-18-32/h7-12,15-26,35-38H,5-6,13-14,27-28H2,1-4H3/t35?,36?,37-,38-/m1/s1. The summed E-state index contributed by atoms with van der Waals surface area (Å²) in [6.45, 7) is 4.02. The molecule has 0 bridgehead atoms. The van der Waals surface area contributed by atoms with Gasteiger partial charge in [-0.25, -0.2) is 9.59 Å². The normalized spacial score (nSPS) is 16.0. The van der Waals surface area contributed by atoms with Crippen LogP contribution in [0.25, 0.3) is 0 Å². The second kappa shape index (κ2) is 18.0. The van der Waals surface area contributed by atoms with E-state index in [1.165, 1.54) is 9.80 Å². The number of nitrogens with zero attached hydrogens (tertiary/aromatic N) is 2. The van der Waals surface area contributed by atoms with Crippen molar-refractivity contribution in [3.8, 4) is 23.0 Å². The van der Waals surface area contributed by atoms with E-state index in [1.54, 1.807) is 14.1 Å². The van der Waals surface area contributed by atoms with Crippen LogP contribution in [-0.4, -0.2) is 48.0 Å². The van der Waals surface area contributed by atoms with Crippen LogP contribution in [0.4, 0.5) is 9.59 Å². The number of para-hydroxylation sites is 2. The van der Waals surface area contributed by atoms with Gasteiger partial charge in [0.05, 0.1) is 23.9 Å². The zero-order valence-electron chi connectivity index (χ0n) is 30.1. The Labute approximate surface area is 305 Å². The van der Waals surface area contributed by atoms with Gasteiger partial charge in [-0.05, 0) is 85.3 Å². The van der Waals surface area contributed by atoms with Gasteiger partial charge in [-0.15, -0.1) is 0 Å². The summed E-state index contributed by atoms with van der Waals surface area (Å²) in [5.41, 5.74) is 1.72. The van der Waals surface area contributed by atoms with Crippen LogP contribution in [0.5, 0.6) is 23.0 Å². The molecule has 5 rings (SSSR count). The largest absolute Gasteiger partial charge is 0.457 e. The third kappa shape index (κ3) is 9.57. The summed E-state index contributed by atoms with van der Waals surface area (Å²) in [6.07, 6.45) is 1.90. The third-order valence-electron chi connectivity index (χ3n) is 9.38. The van der Waals surface area contributed by atoms with Crippen LogP contribution >= 0.6 is 0 Å². The van der Waals surface area contributed by atoms with Crippen LogP contribution in [0.1, 0.15) is 75.6 Å². The number of benzene rings is 4. The first-order chi connectivity index (χ1) is 25.2. The maximum atomic E-state index is 13.2. The number of carbonyl (C=O) groups excluding carboxylic acids is 4. The highest BCUT2D eigenvalue weighted by atomic mass is 16.6. The Morgan fingerprint density at radius 2 is 0.865 bits per heavy atom. The predicted molar refractivity (Wildman–Crippen MR) is 196 cm³/mol. The molecule has 272 valence electrons. The average Bonchev–Trinajstić information content (AvgIpc) is 3.13. The number of hydrogen-bond donors (Lipinski definition) is 0. The molecule has 0 radical (unpaired) electrons. The number of esters is 2. The van der Waals surface area contributed by atoms with Crippen LogP contribution in [0.2, 0.25) is 0 Å². The van der Waals surface area contributed by atoms with Crippen molar-refractivity contribution in [2.45, 2.75) is 64.5 Å². The van der Waals surface area contributed by atoms with Crippen molar-refractivity contribution in [1.82, 2.24) is 9.80 Å². The molecule has 0 aliphatic heterocycles. The summed E-state index contributed by atoms with van der Waals surface area (Å²) in [7, 11) is 3.17. The Balaban J connectivity index is 1.15. The maximum absolute atomic E-state index is 13.2. The van der Waals surface area contributed by atoms with Gasteiger partial charge < -0.3 is 28.7 Å². The lowest BCUT2D eigenvalue weighted by Crippen LogP contribution is -2.44. The zero-order valence-corrected chi connectivity index (χ0v) is 30.1. The van der Waals surface area contributed by atoms with Gasteiger partial charge in [-0.3, -0.25) is 9.59 Å². The third-order valence-corrected chi connectivity index (χ3v) is 9.38. The van der Waals surface area contributed by atoms with Gasteiger partial charge in [0.2, 0.25) is 0 Å². The summed E-state index contributed by atoms with van der Waals surface area (Å²) < 4.78 is 22.4. The van der Waals surface area contributed by atoms with E-state index in [1.807, 2.05) is 123 Å². The van der Waals surface area contributed by atoms with Crippen molar-refractivity contribution >= 4 is 24.1 Å². The molecule has 0 spiro atoms. The number of carbonyl (C=O) groups is 4. The fourth-order valence-corrected chi connectivity index (χ4v) is 6.27. The van der Waals surface area contributed by atoms with Crippen LogP contribution in [0.15, 0.2) is 109 Å². The summed E-state index contributed by atoms with van der Waals surface area (Å²) >= 11 is 0. The Morgan fingerprint density at radius 3 is 1.17 bits per heavy atom. The lowest BCUT2D eigenvalue weighted by Gasteiger charge is -2.34. The minimum absolute atomic E-state index is 0.344. The highest BCUT2D eigenvalue weighted by Crippen LogP contribution is 2.37. The lowest BCUT2D eigenvalue weighted by molar-refractivity contribution is -0.161. The fourth-order valence-electron chi connectivity index (χ4n) is 6.27. The smallest absolute Gasteiger partial charge is 0.417 e. The quantitative estimate of drug-likeness (QED) is 0.0941. The molecule has 1 fully saturated rings. The molecule has 52 heavy (non-hydrogen) atoms. The first kappa shape index (κ1) is 37.6. The van der Waals surface area contributed by atoms with Crippen molar-refractivity contribution in [2.24, 2.45) is 11.8 Å². The minimum Gasteiger partial charge on any atom is -0.457 e. The van der Waals surface area contributed by atoms with Gasteiger partial charge in [0, 0.05) is 14.1 Å². The second-order valence-corrected chi connectivity index (χ2v) is 13.0. The number of ether oxygens (including phenoxy) is 4. The van der Waals surface area contributed by atoms with Crippen LogP contribution in [0, 0.1) is 11.8 Å². The highest BCUT2D eigenvalue weighted by molar-refractivity contribution is 5.93. The van der Waals surface area contributed by atoms with Crippen molar-refractivity contribution in [1.29, 1.82) is 0 Å². The molecule has 0 saturated heterocycles. The summed E-state index contributed by atoms with van der Waals surface area (Å²) in [6, 6.07) is 33.0. The van der Waals surface area contributed by atoms with E-state index in [-0.39, 0.29) is 12.1 Å². The fraction of sp³-hybridized carbons (Fsp3) is 0.333. The monoisotopic (exact) mass is 706 g/mol. The van der Waals surface area contributed by atoms with E-state index in [0.29, 0.717) is 48.7 Å². The van der Waals surface area contributed by atoms with E-state index in [9.17, 15) is 19.2 Å². The van der Waals surface area contributed by atoms with Crippen LogP contribution in [-0.2, 0) is 19.1 Å². The van der Waals surface area contributed by atoms with Crippen LogP contribution in [0.3, 0.4) is 0 Å². The van der Waals surface area contributed by atoms with Crippen LogP contribution < -0.4 is 9.47 Å². The molecule has 0 aromatic heterocycles. The van der Waals surface area contributed by atoms with Gasteiger partial charge in [0.1, 0.15) is 23.0 Å². The lowest BCUT2D eigenvalue weighted by atomic mass is 9.74. The second-order valence-electron chi connectivity index (χ2n) is 13.0. The van der Waals surface area contributed by atoms with Gasteiger partial charge in [-0.1, -0.05) is 87.4 Å². The molecule has 1 saturated carbocycles. The molecular weight excluding hydrogens is 660 g/mol. The molecule has 0 heterocycles. The maximum Gasteiger partial charge on any atom is 0.417 e. The molecule has 0 N–H and O–H groups in total. The van der Waals surface area contributed by atoms with Crippen molar-refractivity contribution in [3.63, 3.8) is 0 Å². The van der Waals surface area contributed by atoms with Crippen molar-refractivity contribution in [3.05, 3.63) is 120 Å². The molecule has 2 amide bonds. The molecule has 4 aromatic rings. The van der Waals surface area contributed by atoms with E-state index in [0.717, 1.165) is 24.0 Å². The number of rotatable bonds is 14. The average molecular weight is 707 g/mol. The highest BCUT2D eigenvalue weighted by Gasteiger charge is 2.45. The van der Waals surface area contributed by atoms with Gasteiger partial charge >= 0.3 is 24.1 Å². The number of amides is 2. The summed E-state index contributed by atoms with van der Waals surface area (Å²) in [4.78, 5) is 55.4. The molecular formula is C42H46N2O8. The van der Waals surface area contributed by atoms with Gasteiger partial charge in [-0.2, -0.15) is 0 Å². The Bertz CT molecular complexity index is 1650. The zero-order chi connectivity index (χ0) is 37.0. The summed E-state index contributed by atoms with van der Waals surface area (Å²) in [5.74, 6) is -0.651. The van der Waals surface area contributed by atoms with E-state index in [4.69, 9.17) is 18.9 Å². The SMILES string of the molecule is CCC[C@H](c1ccc(Oc2ccccc2)cc1)N(C)C(=O)OC(=O)C1CCC1C(=O)OC(=O)N(C)[C@H](CCC)c1ccc(Oc2ccccc2)cc1. The first-order valence-corrected chi connectivity index (χ1v) is 17.8. The molecule has 4 atom stereocenters. The topological polar surface area (TPSA) is 112 Å². The minimum atomic E-state index is -0.884. The Kier molecular flexibility index (Phi) is 13.0. The molecule has 2 unspecified atom stereocenters. The molecule has 1 aliphatic carbocycles. The summed E-state index contributed by atoms with van der Waals surface area (Å²) in [5, 5.41) is 0. The number of hydrogen-bond acceptors (Lipinski definition) is 8. The van der Waals surface area contributed by atoms with Gasteiger partial charge in [0.25, 0.3) is 0 Å². The van der Waals surface area contributed by atoms with Gasteiger partial charge in [0.15, 0.2) is 0 Å². The Hall–Kier alpha value is -5.64. The van der Waals surface area contributed by atoms with Crippen molar-refractivity contribution in [2.75, 3.05) is 14.1 Å². The van der Waals surface area contributed by atoms with E-state index in [2.05, 4.69) is 0 Å². The van der Waals surface area contributed by atoms with E-state index < -0.39 is 36.0 Å². The molecule has 10 heteroatoms. The molecule has 4 aromatic carbocycles. The van der Waals surface area contributed by atoms with E-state index >= 15 is 0 Å². The first-order valence-electron chi connectivity index (χ1n) is 17.8. The van der Waals surface area contributed by atoms with Crippen molar-refractivity contribution < 1.29 is 38.1 Å². The molecule has 1 aliphatic rings.